The number of nitrogens with one attached hydrogen (secondary N) is 1. The van der Waals surface area contributed by atoms with Gasteiger partial charge in [-0.3, -0.25) is 14.4 Å². The molecule has 11 nitrogen and oxygen atoms in total. The maximum absolute atomic E-state index is 13.9. The number of anilines is 1. The number of nitrogens with zero attached hydrogens (tertiary/aromatic N) is 3. The molecule has 2 amide bonds. The van der Waals surface area contributed by atoms with Crippen LogP contribution < -0.4 is 16.6 Å². The molecule has 0 fully saturated rings. The molecule has 0 saturated heterocycles. The van der Waals surface area contributed by atoms with Crippen molar-refractivity contribution < 1.29 is 23.9 Å². The number of amides is 2. The molecule has 0 saturated carbocycles. The molecule has 2 aromatic rings. The lowest BCUT2D eigenvalue weighted by molar-refractivity contribution is -0.168. The van der Waals surface area contributed by atoms with Crippen molar-refractivity contribution in [1.82, 2.24) is 14.5 Å². The first-order chi connectivity index (χ1) is 20.3. The van der Waals surface area contributed by atoms with Crippen molar-refractivity contribution in [2.24, 2.45) is 23.5 Å². The molecule has 3 unspecified atom stereocenters. The normalized spacial score (nSPS) is 13.9. The van der Waals surface area contributed by atoms with E-state index in [2.05, 4.69) is 32.7 Å². The van der Waals surface area contributed by atoms with Gasteiger partial charge in [0, 0.05) is 31.6 Å². The van der Waals surface area contributed by atoms with Crippen LogP contribution >= 0.6 is 0 Å². The van der Waals surface area contributed by atoms with Gasteiger partial charge in [-0.2, -0.15) is 0 Å². The van der Waals surface area contributed by atoms with Crippen molar-refractivity contribution in [3.63, 3.8) is 0 Å². The van der Waals surface area contributed by atoms with Gasteiger partial charge < -0.3 is 20.5 Å². The van der Waals surface area contributed by atoms with E-state index in [-0.39, 0.29) is 17.0 Å². The first-order valence-corrected chi connectivity index (χ1v) is 14.8. The number of benzene rings is 1. The van der Waals surface area contributed by atoms with E-state index in [1.807, 2.05) is 6.92 Å². The van der Waals surface area contributed by atoms with Crippen molar-refractivity contribution in [2.45, 2.75) is 80.1 Å². The summed E-state index contributed by atoms with van der Waals surface area (Å²) in [4.78, 5) is 57.2. The number of hydrogen-bond acceptors (Lipinski definition) is 9. The number of esters is 1. The van der Waals surface area contributed by atoms with Crippen LogP contribution in [0.15, 0.2) is 41.7 Å². The van der Waals surface area contributed by atoms with Gasteiger partial charge in [0.05, 0.1) is 11.4 Å². The second-order valence-corrected chi connectivity index (χ2v) is 11.2. The number of carbonyl (C=O) groups is 3. The first-order valence-electron chi connectivity index (χ1n) is 14.8. The predicted molar refractivity (Wildman–Crippen MR) is 167 cm³/mol. The zero-order chi connectivity index (χ0) is 32.4. The monoisotopic (exact) mass is 597 g/mol. The van der Waals surface area contributed by atoms with Gasteiger partial charge in [-0.15, -0.1) is 6.58 Å². The third-order valence-electron chi connectivity index (χ3n) is 7.63. The topological polar surface area (TPSA) is 146 Å². The van der Waals surface area contributed by atoms with Crippen LogP contribution in [0.4, 0.5) is 10.7 Å². The largest absolute Gasteiger partial charge is 0.424 e. The van der Waals surface area contributed by atoms with Crippen LogP contribution in [0.1, 0.15) is 76.5 Å². The number of aryl methyl sites for hydroxylation is 1. The van der Waals surface area contributed by atoms with Crippen LogP contribution in [0.25, 0.3) is 5.69 Å². The average Bonchev–Trinajstić information content (AvgIpc) is 2.99. The Labute approximate surface area is 254 Å². The minimum atomic E-state index is -1.24. The smallest absolute Gasteiger partial charge is 0.419 e. The fourth-order valence-corrected chi connectivity index (χ4v) is 4.33. The van der Waals surface area contributed by atoms with Crippen molar-refractivity contribution >= 4 is 23.9 Å². The van der Waals surface area contributed by atoms with Gasteiger partial charge in [-0.1, -0.05) is 54.0 Å². The summed E-state index contributed by atoms with van der Waals surface area (Å²) in [5, 5.41) is 3.16. The standard InChI is InChI=1S/C32H47N5O6/c1-10-17-34-31-35-26(12-3)25(18-21(7)20(6)11-2)29(39)37(31)24-15-13-23(14-16-24)28(38)36(9)32(41)43-22(8)42-30(40)27(33)19(4)5/h10,13-16,19-22,27H,1,11-12,17-18,33H2,2-9H3,(H,34,35)/t20?,21-,22?,27?/m1/s1. The fourth-order valence-electron chi connectivity index (χ4n) is 4.33. The second-order valence-electron chi connectivity index (χ2n) is 11.2. The quantitative estimate of drug-likeness (QED) is 0.180. The van der Waals surface area contributed by atoms with Crippen LogP contribution in [0, 0.1) is 17.8 Å². The summed E-state index contributed by atoms with van der Waals surface area (Å²) in [7, 11) is 1.26. The van der Waals surface area contributed by atoms with Crippen LogP contribution in [0.3, 0.4) is 0 Å². The summed E-state index contributed by atoms with van der Waals surface area (Å²) in [5.41, 5.74) is 7.71. The number of ether oxygens (including phenoxy) is 2. The van der Waals surface area contributed by atoms with Crippen LogP contribution in [-0.4, -0.2) is 58.3 Å². The van der Waals surface area contributed by atoms with Crippen LogP contribution in [-0.2, 0) is 27.1 Å². The van der Waals surface area contributed by atoms with Crippen molar-refractivity contribution in [2.75, 3.05) is 18.9 Å². The summed E-state index contributed by atoms with van der Waals surface area (Å²) in [5.74, 6) is -0.406. The van der Waals surface area contributed by atoms with Gasteiger partial charge in [0.2, 0.25) is 12.2 Å². The third kappa shape index (κ3) is 9.00. The van der Waals surface area contributed by atoms with Gasteiger partial charge in [0.15, 0.2) is 0 Å². The molecule has 1 aromatic carbocycles. The molecule has 0 aliphatic heterocycles. The fraction of sp³-hybridized carbons (Fsp3) is 0.531. The van der Waals surface area contributed by atoms with E-state index < -0.39 is 30.3 Å². The zero-order valence-electron chi connectivity index (χ0n) is 26.7. The van der Waals surface area contributed by atoms with Gasteiger partial charge in [-0.05, 0) is 54.9 Å². The molecule has 0 aliphatic carbocycles. The summed E-state index contributed by atoms with van der Waals surface area (Å²) in [6.07, 6.45) is 1.66. The van der Waals surface area contributed by atoms with E-state index in [9.17, 15) is 19.2 Å². The zero-order valence-corrected chi connectivity index (χ0v) is 26.7. The second kappa shape index (κ2) is 16.0. The lowest BCUT2D eigenvalue weighted by Gasteiger charge is -2.22. The maximum atomic E-state index is 13.9. The molecular weight excluding hydrogens is 550 g/mol. The minimum absolute atomic E-state index is 0.160. The van der Waals surface area contributed by atoms with E-state index in [0.717, 1.165) is 17.0 Å². The van der Waals surface area contributed by atoms with E-state index in [0.29, 0.717) is 48.4 Å². The highest BCUT2D eigenvalue weighted by Crippen LogP contribution is 2.22. The Morgan fingerprint density at radius 1 is 1.07 bits per heavy atom. The van der Waals surface area contributed by atoms with E-state index in [1.165, 1.54) is 30.7 Å². The molecule has 3 N–H and O–H groups in total. The Morgan fingerprint density at radius 2 is 1.70 bits per heavy atom. The van der Waals surface area contributed by atoms with Gasteiger partial charge in [0.1, 0.15) is 6.04 Å². The van der Waals surface area contributed by atoms with Gasteiger partial charge in [-0.25, -0.2) is 19.2 Å². The lowest BCUT2D eigenvalue weighted by atomic mass is 9.87. The number of hydrogen-bond donors (Lipinski definition) is 2. The summed E-state index contributed by atoms with van der Waals surface area (Å²) in [6, 6.07) is 5.42. The molecule has 11 heteroatoms. The molecule has 1 heterocycles. The highest BCUT2D eigenvalue weighted by Gasteiger charge is 2.26. The van der Waals surface area contributed by atoms with Crippen LogP contribution in [0.5, 0.6) is 0 Å². The Kier molecular flexibility index (Phi) is 13.1. The Bertz CT molecular complexity index is 1340. The molecule has 0 aliphatic rings. The summed E-state index contributed by atoms with van der Waals surface area (Å²) >= 11 is 0. The van der Waals surface area contributed by atoms with E-state index in [1.54, 1.807) is 32.1 Å². The summed E-state index contributed by atoms with van der Waals surface area (Å²) in [6.45, 7) is 17.5. The molecule has 4 atom stereocenters. The van der Waals surface area contributed by atoms with Crippen molar-refractivity contribution in [3.05, 3.63) is 64.1 Å². The van der Waals surface area contributed by atoms with Gasteiger partial charge >= 0.3 is 12.1 Å². The SMILES string of the molecule is C=CCNc1nc(CC)c(C[C@@H](C)C(C)CC)c(=O)n1-c1ccc(C(=O)N(C)C(=O)OC(C)OC(=O)C(N)C(C)C)cc1. The Hall–Kier alpha value is -3.99. The third-order valence-corrected chi connectivity index (χ3v) is 7.63. The number of nitrogens with two attached hydrogens (primary N) is 1. The van der Waals surface area contributed by atoms with Crippen molar-refractivity contribution in [1.29, 1.82) is 0 Å². The highest BCUT2D eigenvalue weighted by molar-refractivity contribution is 6.02. The number of aromatic nitrogens is 2. The highest BCUT2D eigenvalue weighted by atomic mass is 16.7. The number of carbonyl (C=O) groups excluding carboxylic acids is 3. The molecule has 1 aromatic heterocycles. The molecule has 236 valence electrons. The molecule has 0 spiro atoms. The van der Waals surface area contributed by atoms with E-state index >= 15 is 0 Å². The summed E-state index contributed by atoms with van der Waals surface area (Å²) < 4.78 is 11.7. The van der Waals surface area contributed by atoms with Crippen LogP contribution in [0.2, 0.25) is 0 Å². The molecule has 0 radical (unpaired) electrons. The van der Waals surface area contributed by atoms with E-state index in [4.69, 9.17) is 20.2 Å². The van der Waals surface area contributed by atoms with Gasteiger partial charge in [0.25, 0.3) is 11.5 Å². The molecule has 0 bridgehead atoms. The first kappa shape index (κ1) is 35.2. The Balaban J connectivity index is 2.34. The minimum Gasteiger partial charge on any atom is -0.424 e. The average molecular weight is 598 g/mol. The lowest BCUT2D eigenvalue weighted by Crippen LogP contribution is -2.41. The van der Waals surface area contributed by atoms with Crippen molar-refractivity contribution in [3.8, 4) is 5.69 Å². The molecular formula is C32H47N5O6. The maximum Gasteiger partial charge on any atom is 0.419 e. The Morgan fingerprint density at radius 3 is 2.23 bits per heavy atom. The number of rotatable bonds is 14. The predicted octanol–water partition coefficient (Wildman–Crippen LogP) is 4.70. The molecule has 2 rings (SSSR count). The molecule has 43 heavy (non-hydrogen) atoms. The number of imide groups is 1.